The van der Waals surface area contributed by atoms with Gasteiger partial charge in [-0.1, -0.05) is 31.3 Å². The predicted molar refractivity (Wildman–Crippen MR) is 121 cm³/mol. The maximum atomic E-state index is 13.2. The molecule has 0 fully saturated rings. The normalized spacial score (nSPS) is 11.5. The molecule has 3 rings (SSSR count). The quantitative estimate of drug-likeness (QED) is 0.447. The lowest BCUT2D eigenvalue weighted by Gasteiger charge is -2.24. The molecule has 0 unspecified atom stereocenters. The minimum absolute atomic E-state index is 0.0197. The van der Waals surface area contributed by atoms with Gasteiger partial charge < -0.3 is 4.90 Å². The van der Waals surface area contributed by atoms with Gasteiger partial charge in [0.15, 0.2) is 5.13 Å². The summed E-state index contributed by atoms with van der Waals surface area (Å²) >= 11 is 6.53. The van der Waals surface area contributed by atoms with Crippen LogP contribution in [0.2, 0.25) is 0 Å². The third kappa shape index (κ3) is 4.59. The SMILES string of the molecule is CCN(CC)CCN(C(=O)c1ccc(Br)s1)c1nc2c(C)cc(C)cc2s1. The number of carbonyl (C=O) groups is 1. The minimum Gasteiger partial charge on any atom is -0.302 e. The number of anilines is 1. The smallest absolute Gasteiger partial charge is 0.270 e. The van der Waals surface area contributed by atoms with Crippen molar-refractivity contribution in [1.82, 2.24) is 9.88 Å². The highest BCUT2D eigenvalue weighted by Crippen LogP contribution is 2.33. The highest BCUT2D eigenvalue weighted by molar-refractivity contribution is 9.11. The molecule has 3 aromatic rings. The molecule has 0 atom stereocenters. The summed E-state index contributed by atoms with van der Waals surface area (Å²) in [6.07, 6.45) is 0. The Morgan fingerprint density at radius 3 is 2.48 bits per heavy atom. The molecule has 0 bridgehead atoms. The zero-order valence-electron chi connectivity index (χ0n) is 16.1. The number of carbonyl (C=O) groups excluding carboxylic acids is 1. The Labute approximate surface area is 177 Å². The van der Waals surface area contributed by atoms with E-state index >= 15 is 0 Å². The zero-order valence-corrected chi connectivity index (χ0v) is 19.3. The van der Waals surface area contributed by atoms with Crippen LogP contribution in [0.4, 0.5) is 5.13 Å². The van der Waals surface area contributed by atoms with Crippen molar-refractivity contribution in [3.05, 3.63) is 44.1 Å². The van der Waals surface area contributed by atoms with E-state index in [2.05, 4.69) is 60.7 Å². The summed E-state index contributed by atoms with van der Waals surface area (Å²) in [4.78, 5) is 23.0. The Bertz CT molecular complexity index is 946. The topological polar surface area (TPSA) is 36.4 Å². The van der Waals surface area contributed by atoms with Gasteiger partial charge in [0.2, 0.25) is 0 Å². The summed E-state index contributed by atoms with van der Waals surface area (Å²) in [6.45, 7) is 11.9. The Kier molecular flexibility index (Phi) is 6.68. The minimum atomic E-state index is 0.0197. The average Bonchev–Trinajstić information content (AvgIpc) is 3.25. The van der Waals surface area contributed by atoms with Gasteiger partial charge in [-0.3, -0.25) is 9.69 Å². The standard InChI is InChI=1S/C20H24BrN3OS2/c1-5-23(6-2)9-10-24(19(25)15-7-8-17(21)26-15)20-22-18-14(4)11-13(3)12-16(18)27-20/h7-8,11-12H,5-6,9-10H2,1-4H3. The van der Waals surface area contributed by atoms with E-state index < -0.39 is 0 Å². The molecule has 1 aromatic carbocycles. The van der Waals surface area contributed by atoms with E-state index in [9.17, 15) is 4.79 Å². The van der Waals surface area contributed by atoms with Crippen LogP contribution < -0.4 is 4.90 Å². The van der Waals surface area contributed by atoms with Crippen molar-refractivity contribution in [3.8, 4) is 0 Å². The van der Waals surface area contributed by atoms with Crippen molar-refractivity contribution >= 4 is 59.9 Å². The number of likely N-dealkylation sites (N-methyl/N-ethyl adjacent to an activating group) is 1. The molecular formula is C20H24BrN3OS2. The van der Waals surface area contributed by atoms with E-state index in [1.165, 1.54) is 16.9 Å². The number of aromatic nitrogens is 1. The van der Waals surface area contributed by atoms with E-state index in [0.717, 1.165) is 49.2 Å². The number of halogens is 1. The van der Waals surface area contributed by atoms with Crippen molar-refractivity contribution in [2.75, 3.05) is 31.1 Å². The third-order valence-electron chi connectivity index (χ3n) is 4.61. The number of aryl methyl sites for hydroxylation is 2. The Balaban J connectivity index is 1.98. The fourth-order valence-corrected chi connectivity index (χ4v) is 5.60. The van der Waals surface area contributed by atoms with E-state index in [-0.39, 0.29) is 5.91 Å². The Morgan fingerprint density at radius 2 is 1.85 bits per heavy atom. The Hall–Kier alpha value is -1.28. The first-order valence-electron chi connectivity index (χ1n) is 9.10. The largest absolute Gasteiger partial charge is 0.302 e. The van der Waals surface area contributed by atoms with Crippen LogP contribution in [0.1, 0.15) is 34.6 Å². The number of hydrogen-bond donors (Lipinski definition) is 0. The van der Waals surface area contributed by atoms with E-state index in [1.807, 2.05) is 17.0 Å². The van der Waals surface area contributed by atoms with Crippen molar-refractivity contribution in [3.63, 3.8) is 0 Å². The van der Waals surface area contributed by atoms with E-state index in [4.69, 9.17) is 4.98 Å². The molecule has 0 spiro atoms. The molecule has 0 aliphatic heterocycles. The summed E-state index contributed by atoms with van der Waals surface area (Å²) in [5.41, 5.74) is 3.37. The zero-order chi connectivity index (χ0) is 19.6. The molecular weight excluding hydrogens is 442 g/mol. The lowest BCUT2D eigenvalue weighted by molar-refractivity contribution is 0.0987. The predicted octanol–water partition coefficient (Wildman–Crippen LogP) is 5.73. The lowest BCUT2D eigenvalue weighted by Crippen LogP contribution is -2.38. The second-order valence-electron chi connectivity index (χ2n) is 6.51. The summed E-state index contributed by atoms with van der Waals surface area (Å²) in [7, 11) is 0. The van der Waals surface area contributed by atoms with Crippen LogP contribution in [0.5, 0.6) is 0 Å². The molecule has 144 valence electrons. The second kappa shape index (κ2) is 8.82. The fraction of sp³-hybridized carbons (Fsp3) is 0.400. The molecule has 0 saturated heterocycles. The van der Waals surface area contributed by atoms with Crippen LogP contribution in [0.15, 0.2) is 28.1 Å². The number of thiophene rings is 1. The lowest BCUT2D eigenvalue weighted by atomic mass is 10.1. The summed E-state index contributed by atoms with van der Waals surface area (Å²) in [5.74, 6) is 0.0197. The first kappa shape index (κ1) is 20.5. The molecule has 2 heterocycles. The fourth-order valence-electron chi connectivity index (χ4n) is 3.10. The Morgan fingerprint density at radius 1 is 1.11 bits per heavy atom. The van der Waals surface area contributed by atoms with Crippen molar-refractivity contribution in [2.24, 2.45) is 0 Å². The van der Waals surface area contributed by atoms with Gasteiger partial charge in [0, 0.05) is 13.1 Å². The molecule has 2 aromatic heterocycles. The number of nitrogens with zero attached hydrogens (tertiary/aromatic N) is 3. The molecule has 7 heteroatoms. The number of hydrogen-bond acceptors (Lipinski definition) is 5. The second-order valence-corrected chi connectivity index (χ2v) is 9.98. The van der Waals surface area contributed by atoms with E-state index in [1.54, 1.807) is 11.3 Å². The highest BCUT2D eigenvalue weighted by atomic mass is 79.9. The van der Waals surface area contributed by atoms with Crippen LogP contribution in [0.25, 0.3) is 10.2 Å². The van der Waals surface area contributed by atoms with Gasteiger partial charge in [-0.25, -0.2) is 4.98 Å². The van der Waals surface area contributed by atoms with Gasteiger partial charge in [-0.2, -0.15) is 0 Å². The first-order chi connectivity index (χ1) is 12.9. The monoisotopic (exact) mass is 465 g/mol. The highest BCUT2D eigenvalue weighted by Gasteiger charge is 2.23. The number of benzene rings is 1. The van der Waals surface area contributed by atoms with Gasteiger partial charge >= 0.3 is 0 Å². The maximum absolute atomic E-state index is 13.2. The van der Waals surface area contributed by atoms with Crippen LogP contribution in [0, 0.1) is 13.8 Å². The van der Waals surface area contributed by atoms with Gasteiger partial charge in [0.05, 0.1) is 18.9 Å². The van der Waals surface area contributed by atoms with Gasteiger partial charge in [-0.05, 0) is 72.2 Å². The molecule has 0 saturated carbocycles. The summed E-state index contributed by atoms with van der Waals surface area (Å²) < 4.78 is 2.10. The van der Waals surface area contributed by atoms with Crippen molar-refractivity contribution in [1.29, 1.82) is 0 Å². The number of rotatable bonds is 7. The van der Waals surface area contributed by atoms with Crippen LogP contribution >= 0.6 is 38.6 Å². The van der Waals surface area contributed by atoms with Crippen molar-refractivity contribution < 1.29 is 4.79 Å². The van der Waals surface area contributed by atoms with Gasteiger partial charge in [0.1, 0.15) is 0 Å². The summed E-state index contributed by atoms with van der Waals surface area (Å²) in [6, 6.07) is 8.10. The van der Waals surface area contributed by atoms with Crippen molar-refractivity contribution in [2.45, 2.75) is 27.7 Å². The molecule has 27 heavy (non-hydrogen) atoms. The number of amides is 1. The molecule has 0 aliphatic rings. The molecule has 1 amide bonds. The number of thiazole rings is 1. The molecule has 4 nitrogen and oxygen atoms in total. The first-order valence-corrected chi connectivity index (χ1v) is 11.5. The van der Waals surface area contributed by atoms with Gasteiger partial charge in [-0.15, -0.1) is 11.3 Å². The van der Waals surface area contributed by atoms with Gasteiger partial charge in [0.25, 0.3) is 5.91 Å². The maximum Gasteiger partial charge on any atom is 0.270 e. The van der Waals surface area contributed by atoms with Crippen LogP contribution in [0.3, 0.4) is 0 Å². The molecule has 0 aliphatic carbocycles. The molecule has 0 N–H and O–H groups in total. The van der Waals surface area contributed by atoms with Crippen LogP contribution in [-0.2, 0) is 0 Å². The van der Waals surface area contributed by atoms with E-state index in [0.29, 0.717) is 6.54 Å². The average molecular weight is 466 g/mol. The number of fused-ring (bicyclic) bond motifs is 1. The molecule has 0 radical (unpaired) electrons. The summed E-state index contributed by atoms with van der Waals surface area (Å²) in [5, 5.41) is 0.778. The third-order valence-corrected chi connectivity index (χ3v) is 7.25. The van der Waals surface area contributed by atoms with Crippen LogP contribution in [-0.4, -0.2) is 42.0 Å².